The van der Waals surface area contributed by atoms with E-state index in [-0.39, 0.29) is 6.04 Å². The highest BCUT2D eigenvalue weighted by Crippen LogP contribution is 2.25. The molecule has 16 heavy (non-hydrogen) atoms. The Morgan fingerprint density at radius 2 is 2.00 bits per heavy atom. The van der Waals surface area contributed by atoms with Crippen LogP contribution in [0.1, 0.15) is 26.2 Å². The van der Waals surface area contributed by atoms with E-state index < -0.39 is 0 Å². The Labute approximate surface area is 98.0 Å². The van der Waals surface area contributed by atoms with Crippen LogP contribution in [0.5, 0.6) is 0 Å². The van der Waals surface area contributed by atoms with Gasteiger partial charge in [0, 0.05) is 32.2 Å². The molecular weight excluding hydrogens is 202 g/mol. The first-order valence-electron chi connectivity index (χ1n) is 6.41. The van der Waals surface area contributed by atoms with Gasteiger partial charge in [-0.15, -0.1) is 0 Å². The molecule has 0 aromatic carbocycles. The summed E-state index contributed by atoms with van der Waals surface area (Å²) in [6, 6.07) is 0.685. The van der Waals surface area contributed by atoms with Crippen LogP contribution < -0.4 is 5.32 Å². The number of rotatable bonds is 3. The largest absolute Gasteiger partial charge is 0.339 e. The van der Waals surface area contributed by atoms with E-state index in [0.29, 0.717) is 11.9 Å². The SMILES string of the molecule is CC(C(=O)N1CCNCC1)N(C)C1CCC1. The lowest BCUT2D eigenvalue weighted by Crippen LogP contribution is -2.55. The molecule has 1 aliphatic carbocycles. The fraction of sp³-hybridized carbons (Fsp3) is 0.917. The number of carbonyl (C=O) groups excluding carboxylic acids is 1. The summed E-state index contributed by atoms with van der Waals surface area (Å²) >= 11 is 0. The van der Waals surface area contributed by atoms with Crippen molar-refractivity contribution in [2.24, 2.45) is 0 Å². The van der Waals surface area contributed by atoms with Crippen LogP contribution in [0.4, 0.5) is 0 Å². The smallest absolute Gasteiger partial charge is 0.239 e. The molecule has 1 amide bonds. The molecule has 0 bridgehead atoms. The maximum atomic E-state index is 12.2. The molecule has 1 N–H and O–H groups in total. The van der Waals surface area contributed by atoms with Crippen LogP contribution in [0.3, 0.4) is 0 Å². The molecule has 1 saturated carbocycles. The molecule has 4 nitrogen and oxygen atoms in total. The number of nitrogens with one attached hydrogen (secondary N) is 1. The lowest BCUT2D eigenvalue weighted by molar-refractivity contribution is -0.137. The van der Waals surface area contributed by atoms with E-state index in [1.165, 1.54) is 19.3 Å². The normalized spacial score (nSPS) is 24.3. The van der Waals surface area contributed by atoms with Crippen molar-refractivity contribution in [1.82, 2.24) is 15.1 Å². The molecule has 0 aromatic rings. The maximum absolute atomic E-state index is 12.2. The zero-order valence-corrected chi connectivity index (χ0v) is 10.4. The van der Waals surface area contributed by atoms with Crippen LogP contribution in [0, 0.1) is 0 Å². The Balaban J connectivity index is 1.86. The highest BCUT2D eigenvalue weighted by atomic mass is 16.2. The second-order valence-corrected chi connectivity index (χ2v) is 5.00. The summed E-state index contributed by atoms with van der Waals surface area (Å²) in [4.78, 5) is 16.5. The van der Waals surface area contributed by atoms with Crippen LogP contribution in [-0.2, 0) is 4.79 Å². The number of hydrogen-bond donors (Lipinski definition) is 1. The predicted molar refractivity (Wildman–Crippen MR) is 64.3 cm³/mol. The average Bonchev–Trinajstić information content (AvgIpc) is 2.26. The Morgan fingerprint density at radius 1 is 1.38 bits per heavy atom. The lowest BCUT2D eigenvalue weighted by Gasteiger charge is -2.40. The van der Waals surface area contributed by atoms with E-state index >= 15 is 0 Å². The molecule has 1 heterocycles. The Morgan fingerprint density at radius 3 is 2.50 bits per heavy atom. The minimum absolute atomic E-state index is 0.0448. The Bertz CT molecular complexity index is 247. The number of hydrogen-bond acceptors (Lipinski definition) is 3. The highest BCUT2D eigenvalue weighted by molar-refractivity contribution is 5.81. The molecule has 0 spiro atoms. The number of carbonyl (C=O) groups is 1. The Hall–Kier alpha value is -0.610. The van der Waals surface area contributed by atoms with E-state index in [0.717, 1.165) is 26.2 Å². The zero-order chi connectivity index (χ0) is 11.5. The van der Waals surface area contributed by atoms with E-state index in [9.17, 15) is 4.79 Å². The zero-order valence-electron chi connectivity index (χ0n) is 10.4. The van der Waals surface area contributed by atoms with E-state index in [2.05, 4.69) is 17.3 Å². The van der Waals surface area contributed by atoms with Crippen LogP contribution in [0.2, 0.25) is 0 Å². The second-order valence-electron chi connectivity index (χ2n) is 5.00. The van der Waals surface area contributed by atoms with Crippen LogP contribution >= 0.6 is 0 Å². The lowest BCUT2D eigenvalue weighted by atomic mass is 9.91. The van der Waals surface area contributed by atoms with Gasteiger partial charge in [-0.2, -0.15) is 0 Å². The third-order valence-corrected chi connectivity index (χ3v) is 4.05. The van der Waals surface area contributed by atoms with Crippen molar-refractivity contribution in [2.45, 2.75) is 38.3 Å². The van der Waals surface area contributed by atoms with Gasteiger partial charge in [0.2, 0.25) is 5.91 Å². The molecule has 1 unspecified atom stereocenters. The topological polar surface area (TPSA) is 35.6 Å². The van der Waals surface area contributed by atoms with Crippen LogP contribution in [0.25, 0.3) is 0 Å². The van der Waals surface area contributed by atoms with Gasteiger partial charge in [-0.3, -0.25) is 9.69 Å². The summed E-state index contributed by atoms with van der Waals surface area (Å²) in [5, 5.41) is 3.28. The summed E-state index contributed by atoms with van der Waals surface area (Å²) in [7, 11) is 2.09. The van der Waals surface area contributed by atoms with Crippen LogP contribution in [-0.4, -0.2) is 61.0 Å². The predicted octanol–water partition coefficient (Wildman–Crippen LogP) is 0.291. The first-order valence-corrected chi connectivity index (χ1v) is 6.41. The summed E-state index contributed by atoms with van der Waals surface area (Å²) < 4.78 is 0. The van der Waals surface area contributed by atoms with Gasteiger partial charge in [0.25, 0.3) is 0 Å². The third kappa shape index (κ3) is 2.38. The molecule has 2 fully saturated rings. The number of amides is 1. The molecule has 1 aliphatic heterocycles. The molecule has 1 saturated heterocycles. The van der Waals surface area contributed by atoms with Gasteiger partial charge in [-0.1, -0.05) is 6.42 Å². The van der Waals surface area contributed by atoms with Gasteiger partial charge in [0.1, 0.15) is 0 Å². The standard InChI is InChI=1S/C12H23N3O/c1-10(14(2)11-4-3-5-11)12(16)15-8-6-13-7-9-15/h10-11,13H,3-9H2,1-2H3. The molecule has 1 atom stereocenters. The summed E-state index contributed by atoms with van der Waals surface area (Å²) in [5.41, 5.74) is 0. The molecule has 0 radical (unpaired) electrons. The first-order chi connectivity index (χ1) is 7.70. The van der Waals surface area contributed by atoms with Gasteiger partial charge >= 0.3 is 0 Å². The molecule has 2 aliphatic rings. The van der Waals surface area contributed by atoms with Gasteiger partial charge in [0.05, 0.1) is 6.04 Å². The minimum Gasteiger partial charge on any atom is -0.339 e. The Kier molecular flexibility index (Phi) is 3.82. The van der Waals surface area contributed by atoms with Crippen LogP contribution in [0.15, 0.2) is 0 Å². The monoisotopic (exact) mass is 225 g/mol. The van der Waals surface area contributed by atoms with E-state index in [1.807, 2.05) is 11.8 Å². The molecule has 4 heteroatoms. The first kappa shape index (κ1) is 11.9. The average molecular weight is 225 g/mol. The van der Waals surface area contributed by atoms with Crippen molar-refractivity contribution >= 4 is 5.91 Å². The summed E-state index contributed by atoms with van der Waals surface area (Å²) in [6.45, 7) is 5.64. The quantitative estimate of drug-likeness (QED) is 0.750. The number of piperazine rings is 1. The van der Waals surface area contributed by atoms with Gasteiger partial charge < -0.3 is 10.2 Å². The fourth-order valence-corrected chi connectivity index (χ4v) is 2.43. The molecule has 92 valence electrons. The minimum atomic E-state index is 0.0448. The van der Waals surface area contributed by atoms with E-state index in [1.54, 1.807) is 0 Å². The summed E-state index contributed by atoms with van der Waals surface area (Å²) in [5.74, 6) is 0.302. The van der Waals surface area contributed by atoms with E-state index in [4.69, 9.17) is 0 Å². The van der Waals surface area contributed by atoms with Gasteiger partial charge in [-0.05, 0) is 26.8 Å². The molecule has 0 aromatic heterocycles. The third-order valence-electron chi connectivity index (χ3n) is 4.05. The van der Waals surface area contributed by atoms with Gasteiger partial charge in [-0.25, -0.2) is 0 Å². The van der Waals surface area contributed by atoms with Crippen molar-refractivity contribution < 1.29 is 4.79 Å². The van der Waals surface area contributed by atoms with Gasteiger partial charge in [0.15, 0.2) is 0 Å². The number of nitrogens with zero attached hydrogens (tertiary/aromatic N) is 2. The fourth-order valence-electron chi connectivity index (χ4n) is 2.43. The van der Waals surface area contributed by atoms with Crippen molar-refractivity contribution in [3.63, 3.8) is 0 Å². The molecular formula is C12H23N3O. The van der Waals surface area contributed by atoms with Crippen molar-refractivity contribution in [2.75, 3.05) is 33.2 Å². The van der Waals surface area contributed by atoms with Crippen molar-refractivity contribution in [3.05, 3.63) is 0 Å². The maximum Gasteiger partial charge on any atom is 0.239 e. The summed E-state index contributed by atoms with van der Waals surface area (Å²) in [6.07, 6.45) is 3.84. The molecule has 2 rings (SSSR count). The van der Waals surface area contributed by atoms with Crippen molar-refractivity contribution in [1.29, 1.82) is 0 Å². The second kappa shape index (κ2) is 5.15. The van der Waals surface area contributed by atoms with Crippen molar-refractivity contribution in [3.8, 4) is 0 Å². The highest BCUT2D eigenvalue weighted by Gasteiger charge is 2.31. The number of likely N-dealkylation sites (N-methyl/N-ethyl adjacent to an activating group) is 1.